The second kappa shape index (κ2) is 11.1. The summed E-state index contributed by atoms with van der Waals surface area (Å²) in [7, 11) is 0. The molecule has 2 rings (SSSR count). The van der Waals surface area contributed by atoms with Crippen LogP contribution in [0.15, 0.2) is 42.5 Å². The number of carbonyl (C=O) groups excluding carboxylic acids is 2. The minimum atomic E-state index is -0.710. The van der Waals surface area contributed by atoms with Gasteiger partial charge in [-0.25, -0.2) is 0 Å². The highest BCUT2D eigenvalue weighted by Crippen LogP contribution is 2.31. The van der Waals surface area contributed by atoms with Gasteiger partial charge in [-0.3, -0.25) is 9.59 Å². The molecule has 0 spiro atoms. The number of halogens is 2. The molecule has 2 amide bonds. The van der Waals surface area contributed by atoms with Crippen LogP contribution in [0.1, 0.15) is 52.7 Å². The lowest BCUT2D eigenvalue weighted by atomic mass is 9.86. The maximum Gasteiger partial charge on any atom is 0.261 e. The molecule has 2 aromatic rings. The predicted molar refractivity (Wildman–Crippen MR) is 130 cm³/mol. The van der Waals surface area contributed by atoms with E-state index in [2.05, 4.69) is 26.1 Å². The number of benzene rings is 2. The van der Waals surface area contributed by atoms with E-state index in [1.807, 2.05) is 38.1 Å². The van der Waals surface area contributed by atoms with E-state index in [0.717, 1.165) is 5.56 Å². The van der Waals surface area contributed by atoms with Crippen molar-refractivity contribution in [3.05, 3.63) is 63.6 Å². The number of hydrogen-bond donors (Lipinski definition) is 1. The zero-order valence-electron chi connectivity index (χ0n) is 19.5. The Morgan fingerprint density at radius 1 is 1.06 bits per heavy atom. The van der Waals surface area contributed by atoms with Crippen LogP contribution in [0.3, 0.4) is 0 Å². The normalized spacial score (nSPS) is 12.4. The lowest BCUT2D eigenvalue weighted by molar-refractivity contribution is -0.142. The summed E-state index contributed by atoms with van der Waals surface area (Å²) in [6, 6.07) is 12.0. The summed E-state index contributed by atoms with van der Waals surface area (Å²) < 4.78 is 5.93. The number of nitrogens with one attached hydrogen (secondary N) is 1. The van der Waals surface area contributed by atoms with Crippen LogP contribution in [0.25, 0.3) is 0 Å². The van der Waals surface area contributed by atoms with Crippen LogP contribution in [0, 0.1) is 0 Å². The zero-order valence-corrected chi connectivity index (χ0v) is 21.1. The third kappa shape index (κ3) is 7.14. The molecule has 0 radical (unpaired) electrons. The van der Waals surface area contributed by atoms with Crippen molar-refractivity contribution in [1.82, 2.24) is 10.2 Å². The molecule has 0 aliphatic carbocycles. The highest BCUT2D eigenvalue weighted by molar-refractivity contribution is 6.35. The number of hydrogen-bond acceptors (Lipinski definition) is 3. The van der Waals surface area contributed by atoms with Crippen LogP contribution in [0.2, 0.25) is 10.0 Å². The number of carbonyl (C=O) groups is 2. The van der Waals surface area contributed by atoms with Gasteiger partial charge < -0.3 is 15.0 Å². The second-order valence-electron chi connectivity index (χ2n) is 9.13. The van der Waals surface area contributed by atoms with Gasteiger partial charge >= 0.3 is 0 Å². The molecule has 0 bridgehead atoms. The molecule has 0 aliphatic rings. The molecule has 7 heteroatoms. The third-order valence-corrected chi connectivity index (χ3v) is 5.59. The number of nitrogens with zero attached hydrogens (tertiary/aromatic N) is 1. The van der Waals surface area contributed by atoms with E-state index in [4.69, 9.17) is 27.9 Å². The summed E-state index contributed by atoms with van der Waals surface area (Å²) in [4.78, 5) is 27.4. The minimum Gasteiger partial charge on any atom is -0.483 e. The molecule has 174 valence electrons. The summed E-state index contributed by atoms with van der Waals surface area (Å²) in [5, 5.41) is 3.80. The highest BCUT2D eigenvalue weighted by Gasteiger charge is 2.28. The molecule has 2 aromatic carbocycles. The molecule has 1 atom stereocenters. The van der Waals surface area contributed by atoms with Gasteiger partial charge in [0, 0.05) is 22.6 Å². The minimum absolute atomic E-state index is 0.0454. The number of ether oxygens (including phenoxy) is 1. The van der Waals surface area contributed by atoms with Crippen LogP contribution in [0.4, 0.5) is 0 Å². The molecule has 0 saturated carbocycles. The Bertz CT molecular complexity index is 954. The van der Waals surface area contributed by atoms with Crippen molar-refractivity contribution in [2.24, 2.45) is 0 Å². The Kier molecular flexibility index (Phi) is 8.99. The van der Waals surface area contributed by atoms with Crippen LogP contribution in [-0.2, 0) is 21.5 Å². The second-order valence-corrected chi connectivity index (χ2v) is 9.98. The van der Waals surface area contributed by atoms with Crippen molar-refractivity contribution in [2.45, 2.75) is 65.6 Å². The Labute approximate surface area is 201 Å². The van der Waals surface area contributed by atoms with Gasteiger partial charge in [-0.2, -0.15) is 0 Å². The molecule has 32 heavy (non-hydrogen) atoms. The van der Waals surface area contributed by atoms with Gasteiger partial charge in [0.1, 0.15) is 11.8 Å². The first-order chi connectivity index (χ1) is 14.9. The molecule has 0 heterocycles. The van der Waals surface area contributed by atoms with Gasteiger partial charge in [-0.1, -0.05) is 68.2 Å². The maximum absolute atomic E-state index is 13.2. The number of para-hydroxylation sites is 1. The Morgan fingerprint density at radius 3 is 2.31 bits per heavy atom. The Balaban J connectivity index is 2.26. The van der Waals surface area contributed by atoms with Gasteiger partial charge in [-0.15, -0.1) is 0 Å². The summed E-state index contributed by atoms with van der Waals surface area (Å²) in [5.74, 6) is 0.0942. The van der Waals surface area contributed by atoms with E-state index >= 15 is 0 Å². The number of amides is 2. The van der Waals surface area contributed by atoms with E-state index in [-0.39, 0.29) is 36.4 Å². The molecule has 0 aliphatic heterocycles. The summed E-state index contributed by atoms with van der Waals surface area (Å²) in [5.41, 5.74) is 1.56. The maximum atomic E-state index is 13.2. The fourth-order valence-electron chi connectivity index (χ4n) is 3.26. The van der Waals surface area contributed by atoms with Gasteiger partial charge in [0.05, 0.1) is 0 Å². The first-order valence-corrected chi connectivity index (χ1v) is 11.4. The topological polar surface area (TPSA) is 58.6 Å². The average Bonchev–Trinajstić information content (AvgIpc) is 2.70. The molecular formula is C25H32Cl2N2O3. The van der Waals surface area contributed by atoms with Gasteiger partial charge in [0.2, 0.25) is 5.91 Å². The molecule has 0 aromatic heterocycles. The van der Waals surface area contributed by atoms with Crippen molar-refractivity contribution in [3.63, 3.8) is 0 Å². The Morgan fingerprint density at radius 2 is 1.72 bits per heavy atom. The standard InChI is InChI=1S/C25H32Cl2N2O3/c1-16(2)28-24(31)17(3)29(14-18-11-12-19(26)13-21(18)27)23(30)15-32-22-10-8-7-9-20(22)25(4,5)6/h7-13,16-17H,14-15H2,1-6H3,(H,28,31)/t17-/m0/s1. The summed E-state index contributed by atoms with van der Waals surface area (Å²) in [6.45, 7) is 11.7. The fourth-order valence-corrected chi connectivity index (χ4v) is 3.72. The third-order valence-electron chi connectivity index (χ3n) is 5.00. The van der Waals surface area contributed by atoms with Crippen molar-refractivity contribution >= 4 is 35.0 Å². The first kappa shape index (κ1) is 26.0. The summed E-state index contributed by atoms with van der Waals surface area (Å²) >= 11 is 12.3. The predicted octanol–water partition coefficient (Wildman–Crippen LogP) is 5.61. The number of rotatable bonds is 8. The monoisotopic (exact) mass is 478 g/mol. The van der Waals surface area contributed by atoms with Crippen molar-refractivity contribution in [3.8, 4) is 5.75 Å². The molecule has 0 fully saturated rings. The van der Waals surface area contributed by atoms with Crippen LogP contribution < -0.4 is 10.1 Å². The van der Waals surface area contributed by atoms with Crippen molar-refractivity contribution in [2.75, 3.05) is 6.61 Å². The van der Waals surface area contributed by atoms with E-state index < -0.39 is 6.04 Å². The van der Waals surface area contributed by atoms with E-state index in [9.17, 15) is 9.59 Å². The lowest BCUT2D eigenvalue weighted by Crippen LogP contribution is -2.50. The smallest absolute Gasteiger partial charge is 0.261 e. The largest absolute Gasteiger partial charge is 0.483 e. The molecule has 5 nitrogen and oxygen atoms in total. The summed E-state index contributed by atoms with van der Waals surface area (Å²) in [6.07, 6.45) is 0. The van der Waals surface area contributed by atoms with Gasteiger partial charge in [-0.05, 0) is 55.5 Å². The van der Waals surface area contributed by atoms with Crippen LogP contribution in [0.5, 0.6) is 5.75 Å². The van der Waals surface area contributed by atoms with Gasteiger partial charge in [0.25, 0.3) is 5.91 Å². The quantitative estimate of drug-likeness (QED) is 0.535. The van der Waals surface area contributed by atoms with E-state index in [0.29, 0.717) is 21.4 Å². The lowest BCUT2D eigenvalue weighted by Gasteiger charge is -2.30. The van der Waals surface area contributed by atoms with Crippen molar-refractivity contribution < 1.29 is 14.3 Å². The highest BCUT2D eigenvalue weighted by atomic mass is 35.5. The Hall–Kier alpha value is -2.24. The van der Waals surface area contributed by atoms with E-state index in [1.165, 1.54) is 4.90 Å². The van der Waals surface area contributed by atoms with Gasteiger partial charge in [0.15, 0.2) is 6.61 Å². The zero-order chi connectivity index (χ0) is 24.1. The first-order valence-electron chi connectivity index (χ1n) is 10.7. The van der Waals surface area contributed by atoms with Crippen molar-refractivity contribution in [1.29, 1.82) is 0 Å². The molecule has 0 saturated heterocycles. The fraction of sp³-hybridized carbons (Fsp3) is 0.440. The molecule has 1 N–H and O–H groups in total. The SMILES string of the molecule is CC(C)NC(=O)[C@H](C)N(Cc1ccc(Cl)cc1Cl)C(=O)COc1ccccc1C(C)(C)C. The van der Waals surface area contributed by atoms with E-state index in [1.54, 1.807) is 25.1 Å². The molecule has 0 unspecified atom stereocenters. The molecular weight excluding hydrogens is 447 g/mol. The van der Waals surface area contributed by atoms with Crippen LogP contribution in [-0.4, -0.2) is 35.4 Å². The average molecular weight is 479 g/mol. The van der Waals surface area contributed by atoms with Crippen LogP contribution >= 0.6 is 23.2 Å².